The van der Waals surface area contributed by atoms with E-state index in [0.29, 0.717) is 30.4 Å². The molecule has 0 radical (unpaired) electrons. The number of hydrogen-bond donors (Lipinski definition) is 2. The van der Waals surface area contributed by atoms with Crippen molar-refractivity contribution in [2.45, 2.75) is 31.7 Å². The van der Waals surface area contributed by atoms with Crippen LogP contribution in [0.25, 0.3) is 0 Å². The van der Waals surface area contributed by atoms with Gasteiger partial charge in [-0.05, 0) is 51.1 Å². The molecule has 0 aliphatic heterocycles. The maximum Gasteiger partial charge on any atom is 0.242 e. The first-order valence-electron chi connectivity index (χ1n) is 8.75. The molecule has 0 saturated heterocycles. The summed E-state index contributed by atoms with van der Waals surface area (Å²) >= 11 is 6.06. The van der Waals surface area contributed by atoms with Crippen molar-refractivity contribution in [3.8, 4) is 11.5 Å². The number of hydrogen-bond acceptors (Lipinski definition) is 5. The molecular weight excluding hydrogens is 404 g/mol. The van der Waals surface area contributed by atoms with Gasteiger partial charge in [0.25, 0.3) is 0 Å². The summed E-state index contributed by atoms with van der Waals surface area (Å²) in [6, 6.07) is 10.0. The monoisotopic (exact) mass is 426 g/mol. The molecule has 2 aromatic rings. The second-order valence-electron chi connectivity index (χ2n) is 5.79. The Balaban J connectivity index is 2.11. The summed E-state index contributed by atoms with van der Waals surface area (Å²) in [4.78, 5) is 12.4. The summed E-state index contributed by atoms with van der Waals surface area (Å²) in [6.45, 7) is 5.92. The fraction of sp³-hybridized carbons (Fsp3) is 0.316. The standard InChI is InChI=1S/C19H23ClN2O5S/c1-4-26-17-11-10-14(12-15(17)20)28(24,25)22-13(3)19(23)21-16-8-6-7-9-18(16)27-5-2/h6-13,22H,4-5H2,1-3H3,(H,21,23)/t13-/m0/s1. The van der Waals surface area contributed by atoms with Crippen molar-refractivity contribution in [3.63, 3.8) is 0 Å². The van der Waals surface area contributed by atoms with E-state index in [1.165, 1.54) is 25.1 Å². The van der Waals surface area contributed by atoms with E-state index in [1.807, 2.05) is 6.92 Å². The molecule has 0 aromatic heterocycles. The van der Waals surface area contributed by atoms with Crippen molar-refractivity contribution in [3.05, 3.63) is 47.5 Å². The lowest BCUT2D eigenvalue weighted by atomic mass is 10.2. The quantitative estimate of drug-likeness (QED) is 0.640. The number of anilines is 1. The van der Waals surface area contributed by atoms with E-state index in [-0.39, 0.29) is 9.92 Å². The predicted molar refractivity (Wildman–Crippen MR) is 109 cm³/mol. The number of carbonyl (C=O) groups is 1. The highest BCUT2D eigenvalue weighted by Gasteiger charge is 2.23. The normalized spacial score (nSPS) is 12.3. The number of amides is 1. The first-order chi connectivity index (χ1) is 13.3. The topological polar surface area (TPSA) is 93.7 Å². The van der Waals surface area contributed by atoms with Crippen LogP contribution in [0, 0.1) is 0 Å². The number of carbonyl (C=O) groups excluding carboxylic acids is 1. The van der Waals surface area contributed by atoms with Crippen LogP contribution >= 0.6 is 11.6 Å². The third kappa shape index (κ3) is 5.60. The van der Waals surface area contributed by atoms with Crippen LogP contribution < -0.4 is 19.5 Å². The van der Waals surface area contributed by atoms with Gasteiger partial charge >= 0.3 is 0 Å². The SMILES string of the molecule is CCOc1ccc(S(=O)(=O)N[C@@H](C)C(=O)Nc2ccccc2OCC)cc1Cl. The van der Waals surface area contributed by atoms with Gasteiger partial charge in [-0.25, -0.2) is 8.42 Å². The fourth-order valence-electron chi connectivity index (χ4n) is 2.37. The fourth-order valence-corrected chi connectivity index (χ4v) is 3.90. The summed E-state index contributed by atoms with van der Waals surface area (Å²) in [5.74, 6) is 0.376. The van der Waals surface area contributed by atoms with Gasteiger partial charge in [-0.3, -0.25) is 4.79 Å². The molecule has 152 valence electrons. The highest BCUT2D eigenvalue weighted by Crippen LogP contribution is 2.27. The second kappa shape index (κ2) is 9.77. The van der Waals surface area contributed by atoms with Gasteiger partial charge in [0.1, 0.15) is 11.5 Å². The number of nitrogens with one attached hydrogen (secondary N) is 2. The van der Waals surface area contributed by atoms with Crippen LogP contribution in [0.1, 0.15) is 20.8 Å². The third-order valence-electron chi connectivity index (χ3n) is 3.68. The Morgan fingerprint density at radius 2 is 1.71 bits per heavy atom. The minimum absolute atomic E-state index is 0.0599. The Morgan fingerprint density at radius 3 is 2.36 bits per heavy atom. The molecule has 2 N–H and O–H groups in total. The van der Waals surface area contributed by atoms with Crippen LogP contribution in [-0.2, 0) is 14.8 Å². The van der Waals surface area contributed by atoms with Crippen LogP contribution in [0.3, 0.4) is 0 Å². The molecule has 0 spiro atoms. The minimum Gasteiger partial charge on any atom is -0.492 e. The molecule has 2 rings (SSSR count). The molecule has 0 heterocycles. The predicted octanol–water partition coefficient (Wildman–Crippen LogP) is 3.44. The van der Waals surface area contributed by atoms with Crippen LogP contribution in [0.4, 0.5) is 5.69 Å². The number of halogens is 1. The minimum atomic E-state index is -3.95. The molecule has 0 aliphatic rings. The Kier molecular flexibility index (Phi) is 7.68. The second-order valence-corrected chi connectivity index (χ2v) is 7.91. The molecule has 2 aromatic carbocycles. The van der Waals surface area contributed by atoms with E-state index in [1.54, 1.807) is 31.2 Å². The van der Waals surface area contributed by atoms with Crippen molar-refractivity contribution in [2.24, 2.45) is 0 Å². The molecule has 28 heavy (non-hydrogen) atoms. The van der Waals surface area contributed by atoms with Gasteiger partial charge in [0.05, 0.1) is 34.9 Å². The molecule has 9 heteroatoms. The van der Waals surface area contributed by atoms with Crippen LogP contribution in [0.15, 0.2) is 47.4 Å². The van der Waals surface area contributed by atoms with Crippen molar-refractivity contribution < 1.29 is 22.7 Å². The van der Waals surface area contributed by atoms with Crippen molar-refractivity contribution in [1.82, 2.24) is 4.72 Å². The lowest BCUT2D eigenvalue weighted by molar-refractivity contribution is -0.117. The van der Waals surface area contributed by atoms with E-state index in [4.69, 9.17) is 21.1 Å². The summed E-state index contributed by atoms with van der Waals surface area (Å²) in [5, 5.41) is 2.84. The van der Waals surface area contributed by atoms with Crippen molar-refractivity contribution in [2.75, 3.05) is 18.5 Å². The summed E-state index contributed by atoms with van der Waals surface area (Å²) in [5.41, 5.74) is 0.463. The zero-order chi connectivity index (χ0) is 20.7. The van der Waals surface area contributed by atoms with Crippen molar-refractivity contribution >= 4 is 33.2 Å². The average molecular weight is 427 g/mol. The Morgan fingerprint density at radius 1 is 1.07 bits per heavy atom. The maximum atomic E-state index is 12.6. The number of rotatable bonds is 9. The van der Waals surface area contributed by atoms with Gasteiger partial charge < -0.3 is 14.8 Å². The van der Waals surface area contributed by atoms with Crippen LogP contribution in [0.2, 0.25) is 5.02 Å². The third-order valence-corrected chi connectivity index (χ3v) is 5.52. The zero-order valence-corrected chi connectivity index (χ0v) is 17.4. The highest BCUT2D eigenvalue weighted by molar-refractivity contribution is 7.89. The molecule has 0 bridgehead atoms. The lowest BCUT2D eigenvalue weighted by Gasteiger charge is -2.16. The van der Waals surface area contributed by atoms with Crippen molar-refractivity contribution in [1.29, 1.82) is 0 Å². The molecule has 0 fully saturated rings. The number of sulfonamides is 1. The Hall–Kier alpha value is -2.29. The smallest absolute Gasteiger partial charge is 0.242 e. The van der Waals surface area contributed by atoms with Gasteiger partial charge in [0.2, 0.25) is 15.9 Å². The lowest BCUT2D eigenvalue weighted by Crippen LogP contribution is -2.41. The molecule has 0 unspecified atom stereocenters. The highest BCUT2D eigenvalue weighted by atomic mass is 35.5. The molecule has 0 aliphatic carbocycles. The van der Waals surface area contributed by atoms with E-state index in [9.17, 15) is 13.2 Å². The summed E-state index contributed by atoms with van der Waals surface area (Å²) in [7, 11) is -3.95. The molecular formula is C19H23ClN2O5S. The van der Waals surface area contributed by atoms with E-state index >= 15 is 0 Å². The Bertz CT molecular complexity index is 934. The average Bonchev–Trinajstić information content (AvgIpc) is 2.65. The van der Waals surface area contributed by atoms with Gasteiger partial charge in [0, 0.05) is 0 Å². The Labute approximate surface area is 170 Å². The molecule has 1 amide bonds. The van der Waals surface area contributed by atoms with Crippen LogP contribution in [0.5, 0.6) is 11.5 Å². The number of ether oxygens (including phenoxy) is 2. The first kappa shape index (κ1) is 22.0. The largest absolute Gasteiger partial charge is 0.492 e. The van der Waals surface area contributed by atoms with Gasteiger partial charge in [-0.2, -0.15) is 4.72 Å². The molecule has 7 nitrogen and oxygen atoms in total. The number of para-hydroxylation sites is 2. The number of benzene rings is 2. The van der Waals surface area contributed by atoms with Gasteiger partial charge in [0.15, 0.2) is 0 Å². The van der Waals surface area contributed by atoms with Crippen LogP contribution in [-0.4, -0.2) is 33.6 Å². The van der Waals surface area contributed by atoms with E-state index < -0.39 is 22.0 Å². The van der Waals surface area contributed by atoms with E-state index in [0.717, 1.165) is 0 Å². The maximum absolute atomic E-state index is 12.6. The first-order valence-corrected chi connectivity index (χ1v) is 10.6. The van der Waals surface area contributed by atoms with Gasteiger partial charge in [-0.15, -0.1) is 0 Å². The zero-order valence-electron chi connectivity index (χ0n) is 15.9. The summed E-state index contributed by atoms with van der Waals surface area (Å²) in [6.07, 6.45) is 0. The van der Waals surface area contributed by atoms with E-state index in [2.05, 4.69) is 10.0 Å². The molecule has 0 saturated carbocycles. The van der Waals surface area contributed by atoms with Gasteiger partial charge in [-0.1, -0.05) is 23.7 Å². The summed E-state index contributed by atoms with van der Waals surface area (Å²) < 4.78 is 38.2. The molecule has 1 atom stereocenters.